The SMILES string of the molecule is c1ccc(-c2nc(Oc3ccc4oc5ccccc5c4c3)cc3ccccc23)cc1. The van der Waals surface area contributed by atoms with Crippen LogP contribution in [0.2, 0.25) is 0 Å². The molecule has 6 aromatic rings. The second kappa shape index (κ2) is 6.75. The van der Waals surface area contributed by atoms with E-state index in [-0.39, 0.29) is 0 Å². The Morgan fingerprint density at radius 1 is 0.600 bits per heavy atom. The molecule has 0 aliphatic rings. The Balaban J connectivity index is 1.48. The van der Waals surface area contributed by atoms with Crippen molar-refractivity contribution in [3.8, 4) is 22.9 Å². The smallest absolute Gasteiger partial charge is 0.220 e. The summed E-state index contributed by atoms with van der Waals surface area (Å²) in [4.78, 5) is 4.85. The minimum Gasteiger partial charge on any atom is -0.456 e. The van der Waals surface area contributed by atoms with Crippen molar-refractivity contribution < 1.29 is 9.15 Å². The van der Waals surface area contributed by atoms with E-state index in [0.29, 0.717) is 5.88 Å². The number of benzene rings is 4. The van der Waals surface area contributed by atoms with Crippen molar-refractivity contribution >= 4 is 32.7 Å². The lowest BCUT2D eigenvalue weighted by Crippen LogP contribution is -1.92. The minimum atomic E-state index is 0.569. The largest absolute Gasteiger partial charge is 0.456 e. The first-order chi connectivity index (χ1) is 14.8. The number of ether oxygens (including phenoxy) is 1. The molecule has 0 unspecified atom stereocenters. The van der Waals surface area contributed by atoms with Crippen LogP contribution in [0.3, 0.4) is 0 Å². The van der Waals surface area contributed by atoms with E-state index >= 15 is 0 Å². The maximum atomic E-state index is 6.22. The van der Waals surface area contributed by atoms with Crippen LogP contribution in [0.4, 0.5) is 0 Å². The monoisotopic (exact) mass is 387 g/mol. The first-order valence-electron chi connectivity index (χ1n) is 9.89. The summed E-state index contributed by atoms with van der Waals surface area (Å²) in [5, 5.41) is 4.31. The quantitative estimate of drug-likeness (QED) is 0.314. The van der Waals surface area contributed by atoms with Crippen LogP contribution >= 0.6 is 0 Å². The van der Waals surface area contributed by atoms with Crippen molar-refractivity contribution in [2.24, 2.45) is 0 Å². The van der Waals surface area contributed by atoms with Gasteiger partial charge in [0.1, 0.15) is 16.9 Å². The normalized spacial score (nSPS) is 11.3. The van der Waals surface area contributed by atoms with Gasteiger partial charge in [0.05, 0.1) is 5.69 Å². The van der Waals surface area contributed by atoms with Crippen LogP contribution in [-0.2, 0) is 0 Å². The van der Waals surface area contributed by atoms with Gasteiger partial charge in [-0.2, -0.15) is 0 Å². The highest BCUT2D eigenvalue weighted by Gasteiger charge is 2.11. The molecule has 6 rings (SSSR count). The Bertz CT molecular complexity index is 1520. The molecule has 0 aliphatic heterocycles. The molecular weight excluding hydrogens is 370 g/mol. The zero-order valence-electron chi connectivity index (χ0n) is 16.1. The van der Waals surface area contributed by atoms with Crippen LogP contribution in [-0.4, -0.2) is 4.98 Å². The summed E-state index contributed by atoms with van der Waals surface area (Å²) >= 11 is 0. The van der Waals surface area contributed by atoms with Gasteiger partial charge in [-0.3, -0.25) is 0 Å². The van der Waals surface area contributed by atoms with Gasteiger partial charge >= 0.3 is 0 Å². The summed E-state index contributed by atoms with van der Waals surface area (Å²) in [7, 11) is 0. The number of aromatic nitrogens is 1. The summed E-state index contributed by atoms with van der Waals surface area (Å²) in [5.41, 5.74) is 3.70. The zero-order chi connectivity index (χ0) is 19.9. The van der Waals surface area contributed by atoms with E-state index in [0.717, 1.165) is 49.7 Å². The zero-order valence-corrected chi connectivity index (χ0v) is 16.1. The summed E-state index contributed by atoms with van der Waals surface area (Å²) in [6, 6.07) is 34.4. The highest BCUT2D eigenvalue weighted by atomic mass is 16.5. The third-order valence-electron chi connectivity index (χ3n) is 5.33. The third-order valence-corrected chi connectivity index (χ3v) is 5.33. The number of rotatable bonds is 3. The number of nitrogens with zero attached hydrogens (tertiary/aromatic N) is 1. The molecule has 0 saturated carbocycles. The molecule has 0 spiro atoms. The Hall–Kier alpha value is -4.11. The molecule has 2 aromatic heterocycles. The number of pyridine rings is 1. The second-order valence-corrected chi connectivity index (χ2v) is 7.25. The fraction of sp³-hybridized carbons (Fsp3) is 0. The Morgan fingerprint density at radius 2 is 1.33 bits per heavy atom. The summed E-state index contributed by atoms with van der Waals surface area (Å²) < 4.78 is 12.1. The van der Waals surface area contributed by atoms with E-state index in [2.05, 4.69) is 30.3 Å². The Labute approximate surface area is 173 Å². The van der Waals surface area contributed by atoms with Crippen molar-refractivity contribution in [2.75, 3.05) is 0 Å². The molecule has 4 aromatic carbocycles. The summed E-state index contributed by atoms with van der Waals surface area (Å²) in [5.74, 6) is 1.30. The van der Waals surface area contributed by atoms with Gasteiger partial charge in [-0.1, -0.05) is 72.8 Å². The highest BCUT2D eigenvalue weighted by molar-refractivity contribution is 6.05. The van der Waals surface area contributed by atoms with Gasteiger partial charge in [-0.15, -0.1) is 0 Å². The van der Waals surface area contributed by atoms with Crippen LogP contribution in [0.15, 0.2) is 108 Å². The minimum absolute atomic E-state index is 0.569. The molecule has 0 amide bonds. The van der Waals surface area contributed by atoms with Gasteiger partial charge in [-0.25, -0.2) is 4.98 Å². The van der Waals surface area contributed by atoms with Gasteiger partial charge in [0, 0.05) is 27.8 Å². The van der Waals surface area contributed by atoms with E-state index in [4.69, 9.17) is 14.1 Å². The number of hydrogen-bond acceptors (Lipinski definition) is 3. The number of furan rings is 1. The summed E-state index contributed by atoms with van der Waals surface area (Å²) in [6.07, 6.45) is 0. The lowest BCUT2D eigenvalue weighted by atomic mass is 10.0. The molecule has 0 aliphatic carbocycles. The van der Waals surface area contributed by atoms with E-state index in [1.54, 1.807) is 0 Å². The highest BCUT2D eigenvalue weighted by Crippen LogP contribution is 2.35. The Morgan fingerprint density at radius 3 is 2.23 bits per heavy atom. The van der Waals surface area contributed by atoms with Crippen molar-refractivity contribution in [1.29, 1.82) is 0 Å². The van der Waals surface area contributed by atoms with E-state index in [9.17, 15) is 0 Å². The molecule has 142 valence electrons. The molecule has 2 heterocycles. The van der Waals surface area contributed by atoms with Crippen LogP contribution in [0.1, 0.15) is 0 Å². The molecule has 0 N–H and O–H groups in total. The maximum Gasteiger partial charge on any atom is 0.220 e. The topological polar surface area (TPSA) is 35.3 Å². The number of hydrogen-bond donors (Lipinski definition) is 0. The van der Waals surface area contributed by atoms with Crippen molar-refractivity contribution in [2.45, 2.75) is 0 Å². The number of para-hydroxylation sites is 1. The molecule has 0 radical (unpaired) electrons. The third kappa shape index (κ3) is 2.80. The summed E-state index contributed by atoms with van der Waals surface area (Å²) in [6.45, 7) is 0. The van der Waals surface area contributed by atoms with Crippen LogP contribution in [0, 0.1) is 0 Å². The van der Waals surface area contributed by atoms with Gasteiger partial charge in [0.25, 0.3) is 0 Å². The van der Waals surface area contributed by atoms with E-state index in [1.165, 1.54) is 0 Å². The van der Waals surface area contributed by atoms with Crippen molar-refractivity contribution in [3.05, 3.63) is 103 Å². The Kier molecular flexibility index (Phi) is 3.78. The lowest BCUT2D eigenvalue weighted by Gasteiger charge is -2.11. The van der Waals surface area contributed by atoms with Crippen LogP contribution < -0.4 is 4.74 Å². The fourth-order valence-electron chi connectivity index (χ4n) is 3.93. The predicted molar refractivity (Wildman–Crippen MR) is 121 cm³/mol. The maximum absolute atomic E-state index is 6.22. The molecule has 3 nitrogen and oxygen atoms in total. The average Bonchev–Trinajstić information content (AvgIpc) is 3.17. The fourth-order valence-corrected chi connectivity index (χ4v) is 3.93. The van der Waals surface area contributed by atoms with E-state index in [1.807, 2.05) is 72.8 Å². The average molecular weight is 387 g/mol. The molecule has 3 heteroatoms. The van der Waals surface area contributed by atoms with Crippen molar-refractivity contribution in [1.82, 2.24) is 4.98 Å². The molecule has 0 saturated heterocycles. The van der Waals surface area contributed by atoms with Gasteiger partial charge in [0.2, 0.25) is 5.88 Å². The lowest BCUT2D eigenvalue weighted by molar-refractivity contribution is 0.465. The number of fused-ring (bicyclic) bond motifs is 4. The standard InChI is InChI=1S/C27H17NO2/c1-2-8-18(9-3-1)27-21-11-5-4-10-19(21)16-26(28-27)29-20-14-15-25-23(17-20)22-12-6-7-13-24(22)30-25/h1-17H. The van der Waals surface area contributed by atoms with Crippen LogP contribution in [0.5, 0.6) is 11.6 Å². The first kappa shape index (κ1) is 16.8. The van der Waals surface area contributed by atoms with Crippen LogP contribution in [0.25, 0.3) is 44.0 Å². The van der Waals surface area contributed by atoms with Gasteiger partial charge in [0.15, 0.2) is 0 Å². The molecule has 0 atom stereocenters. The van der Waals surface area contributed by atoms with Gasteiger partial charge in [-0.05, 0) is 29.7 Å². The van der Waals surface area contributed by atoms with Gasteiger partial charge < -0.3 is 9.15 Å². The molecule has 30 heavy (non-hydrogen) atoms. The predicted octanol–water partition coefficient (Wildman–Crippen LogP) is 7.59. The molecule has 0 fully saturated rings. The van der Waals surface area contributed by atoms with Crippen molar-refractivity contribution in [3.63, 3.8) is 0 Å². The first-order valence-corrected chi connectivity index (χ1v) is 9.89. The second-order valence-electron chi connectivity index (χ2n) is 7.25. The van der Waals surface area contributed by atoms with E-state index < -0.39 is 0 Å². The molecular formula is C27H17NO2. The molecule has 0 bridgehead atoms.